The molecule has 2 N–H and O–H groups in total. The summed E-state index contributed by atoms with van der Waals surface area (Å²) in [6, 6.07) is 7.97. The van der Waals surface area contributed by atoms with Crippen molar-refractivity contribution in [1.29, 1.82) is 0 Å². The van der Waals surface area contributed by atoms with Gasteiger partial charge in [0.15, 0.2) is 5.82 Å². The monoisotopic (exact) mass is 231 g/mol. The van der Waals surface area contributed by atoms with Crippen LogP contribution in [0.3, 0.4) is 0 Å². The first kappa shape index (κ1) is 11.7. The van der Waals surface area contributed by atoms with Crippen molar-refractivity contribution in [2.75, 3.05) is 0 Å². The van der Waals surface area contributed by atoms with Crippen LogP contribution in [0.1, 0.15) is 31.7 Å². The predicted molar refractivity (Wildman–Crippen MR) is 65.7 cm³/mol. The minimum atomic E-state index is -0.522. The second-order valence-corrected chi connectivity index (χ2v) is 4.47. The molecule has 0 aliphatic heterocycles. The lowest BCUT2D eigenvalue weighted by Crippen LogP contribution is -2.35. The van der Waals surface area contributed by atoms with E-state index in [2.05, 4.69) is 15.5 Å². The van der Waals surface area contributed by atoms with Gasteiger partial charge in [-0.3, -0.25) is 0 Å². The molecule has 0 spiro atoms. The van der Waals surface area contributed by atoms with E-state index < -0.39 is 5.54 Å². The number of nitrogens with zero attached hydrogens (tertiary/aromatic N) is 4. The minimum Gasteiger partial charge on any atom is -0.319 e. The molecule has 1 atom stereocenters. The average Bonchev–Trinajstić information content (AvgIpc) is 2.79. The average molecular weight is 231 g/mol. The van der Waals surface area contributed by atoms with Crippen molar-refractivity contribution in [3.05, 3.63) is 35.7 Å². The number of benzene rings is 1. The van der Waals surface area contributed by atoms with Crippen LogP contribution >= 0.6 is 0 Å². The van der Waals surface area contributed by atoms with Crippen LogP contribution in [0.5, 0.6) is 0 Å². The number of rotatable bonds is 3. The molecule has 1 aromatic heterocycles. The standard InChI is InChI=1S/C12H17N5/c1-4-12(3,13)11-14-15-16-17(11)10-8-6-5-7-9(10)2/h5-8H,4,13H2,1-3H3/t12-/m1/s1. The summed E-state index contributed by atoms with van der Waals surface area (Å²) in [4.78, 5) is 0. The second kappa shape index (κ2) is 4.25. The number of aryl methyl sites for hydroxylation is 1. The van der Waals surface area contributed by atoms with Crippen LogP contribution in [0.15, 0.2) is 24.3 Å². The zero-order valence-electron chi connectivity index (χ0n) is 10.4. The largest absolute Gasteiger partial charge is 0.319 e. The maximum Gasteiger partial charge on any atom is 0.176 e. The molecule has 90 valence electrons. The summed E-state index contributed by atoms with van der Waals surface area (Å²) in [6.45, 7) is 5.99. The van der Waals surface area contributed by atoms with Gasteiger partial charge in [-0.2, -0.15) is 4.68 Å². The number of tetrazole rings is 1. The van der Waals surface area contributed by atoms with Crippen molar-refractivity contribution < 1.29 is 0 Å². The Labute approximate surface area is 101 Å². The number of aromatic nitrogens is 4. The first-order valence-electron chi connectivity index (χ1n) is 5.70. The highest BCUT2D eigenvalue weighted by Gasteiger charge is 2.27. The molecule has 0 fully saturated rings. The van der Waals surface area contributed by atoms with Crippen LogP contribution in [0, 0.1) is 6.92 Å². The number of hydrogen-bond donors (Lipinski definition) is 1. The van der Waals surface area contributed by atoms with E-state index in [1.807, 2.05) is 45.0 Å². The minimum absolute atomic E-state index is 0.522. The first-order chi connectivity index (χ1) is 8.06. The molecule has 5 nitrogen and oxygen atoms in total. The Kier molecular flexibility index (Phi) is 2.93. The molecule has 0 aliphatic carbocycles. The molecular formula is C12H17N5. The Hall–Kier alpha value is -1.75. The van der Waals surface area contributed by atoms with Gasteiger partial charge in [-0.05, 0) is 42.3 Å². The fourth-order valence-electron chi connectivity index (χ4n) is 1.66. The molecule has 5 heteroatoms. The van der Waals surface area contributed by atoms with Crippen LogP contribution in [-0.4, -0.2) is 20.2 Å². The van der Waals surface area contributed by atoms with Crippen molar-refractivity contribution in [2.24, 2.45) is 5.73 Å². The van der Waals surface area contributed by atoms with Crippen molar-refractivity contribution >= 4 is 0 Å². The molecule has 2 rings (SSSR count). The molecule has 0 unspecified atom stereocenters. The van der Waals surface area contributed by atoms with Crippen LogP contribution < -0.4 is 5.73 Å². The van der Waals surface area contributed by atoms with Gasteiger partial charge in [-0.25, -0.2) is 0 Å². The Morgan fingerprint density at radius 3 is 2.71 bits per heavy atom. The van der Waals surface area contributed by atoms with Crippen LogP contribution in [-0.2, 0) is 5.54 Å². The molecule has 0 radical (unpaired) electrons. The molecule has 1 aromatic carbocycles. The van der Waals surface area contributed by atoms with Crippen LogP contribution in [0.2, 0.25) is 0 Å². The second-order valence-electron chi connectivity index (χ2n) is 4.47. The Morgan fingerprint density at radius 1 is 1.35 bits per heavy atom. The van der Waals surface area contributed by atoms with Gasteiger partial charge in [0.2, 0.25) is 0 Å². The van der Waals surface area contributed by atoms with Gasteiger partial charge in [0, 0.05) is 0 Å². The van der Waals surface area contributed by atoms with E-state index in [-0.39, 0.29) is 0 Å². The Bertz CT molecular complexity index is 515. The molecule has 17 heavy (non-hydrogen) atoms. The van der Waals surface area contributed by atoms with E-state index in [0.717, 1.165) is 17.7 Å². The lowest BCUT2D eigenvalue weighted by molar-refractivity contribution is 0.433. The van der Waals surface area contributed by atoms with E-state index >= 15 is 0 Å². The summed E-state index contributed by atoms with van der Waals surface area (Å²) < 4.78 is 1.72. The quantitative estimate of drug-likeness (QED) is 0.870. The van der Waals surface area contributed by atoms with E-state index in [4.69, 9.17) is 5.73 Å². The van der Waals surface area contributed by atoms with Gasteiger partial charge in [0.25, 0.3) is 0 Å². The number of hydrogen-bond acceptors (Lipinski definition) is 4. The summed E-state index contributed by atoms with van der Waals surface area (Å²) in [5.41, 5.74) is 7.77. The highest BCUT2D eigenvalue weighted by molar-refractivity contribution is 5.40. The van der Waals surface area contributed by atoms with Gasteiger partial charge < -0.3 is 5.73 Å². The molecular weight excluding hydrogens is 214 g/mol. The van der Waals surface area contributed by atoms with E-state index in [0.29, 0.717) is 5.82 Å². The van der Waals surface area contributed by atoms with E-state index in [9.17, 15) is 0 Å². The summed E-state index contributed by atoms with van der Waals surface area (Å²) >= 11 is 0. The van der Waals surface area contributed by atoms with Crippen molar-refractivity contribution in [3.63, 3.8) is 0 Å². The van der Waals surface area contributed by atoms with Crippen molar-refractivity contribution in [1.82, 2.24) is 20.2 Å². The lowest BCUT2D eigenvalue weighted by atomic mass is 9.99. The third-order valence-corrected chi connectivity index (χ3v) is 3.06. The molecule has 1 heterocycles. The molecule has 0 amide bonds. The lowest BCUT2D eigenvalue weighted by Gasteiger charge is -2.21. The van der Waals surface area contributed by atoms with Gasteiger partial charge in [-0.1, -0.05) is 25.1 Å². The third kappa shape index (κ3) is 2.06. The highest BCUT2D eigenvalue weighted by Crippen LogP contribution is 2.22. The van der Waals surface area contributed by atoms with Gasteiger partial charge in [-0.15, -0.1) is 5.10 Å². The fourth-order valence-corrected chi connectivity index (χ4v) is 1.66. The summed E-state index contributed by atoms with van der Waals surface area (Å²) in [7, 11) is 0. The van der Waals surface area contributed by atoms with E-state index in [1.54, 1.807) is 4.68 Å². The van der Waals surface area contributed by atoms with Crippen molar-refractivity contribution in [2.45, 2.75) is 32.7 Å². The van der Waals surface area contributed by atoms with Crippen LogP contribution in [0.4, 0.5) is 0 Å². The van der Waals surface area contributed by atoms with Crippen molar-refractivity contribution in [3.8, 4) is 5.69 Å². The highest BCUT2D eigenvalue weighted by atomic mass is 15.5. The Balaban J connectivity index is 2.56. The smallest absolute Gasteiger partial charge is 0.176 e. The number of para-hydroxylation sites is 1. The maximum atomic E-state index is 6.21. The normalized spacial score (nSPS) is 14.6. The molecule has 0 aliphatic rings. The first-order valence-corrected chi connectivity index (χ1v) is 5.70. The Morgan fingerprint density at radius 2 is 2.06 bits per heavy atom. The maximum absolute atomic E-state index is 6.21. The molecule has 0 saturated carbocycles. The summed E-state index contributed by atoms with van der Waals surface area (Å²) in [5, 5.41) is 11.8. The number of nitrogens with two attached hydrogens (primary N) is 1. The summed E-state index contributed by atoms with van der Waals surface area (Å²) in [5.74, 6) is 0.689. The van der Waals surface area contributed by atoms with Crippen LogP contribution in [0.25, 0.3) is 5.69 Å². The van der Waals surface area contributed by atoms with Gasteiger partial charge >= 0.3 is 0 Å². The SMILES string of the molecule is CC[C@@](C)(N)c1nnnn1-c1ccccc1C. The topological polar surface area (TPSA) is 69.6 Å². The third-order valence-electron chi connectivity index (χ3n) is 3.06. The summed E-state index contributed by atoms with van der Waals surface area (Å²) in [6.07, 6.45) is 0.777. The molecule has 2 aromatic rings. The molecule has 0 bridgehead atoms. The molecule has 0 saturated heterocycles. The van der Waals surface area contributed by atoms with Gasteiger partial charge in [0.05, 0.1) is 11.2 Å². The predicted octanol–water partition coefficient (Wildman–Crippen LogP) is 1.55. The fraction of sp³-hybridized carbons (Fsp3) is 0.417. The van der Waals surface area contributed by atoms with E-state index in [1.165, 1.54) is 0 Å². The zero-order chi connectivity index (χ0) is 12.5. The van der Waals surface area contributed by atoms with Gasteiger partial charge in [0.1, 0.15) is 0 Å². The zero-order valence-corrected chi connectivity index (χ0v) is 10.4.